The first kappa shape index (κ1) is 40.6. The quantitative estimate of drug-likeness (QED) is 0.0421. The molecule has 0 spiro atoms. The Hall–Kier alpha value is -3.46. The van der Waals surface area contributed by atoms with Crippen LogP contribution < -0.4 is 32.3 Å². The Morgan fingerprint density at radius 2 is 1.39 bits per heavy atom. The van der Waals surface area contributed by atoms with E-state index < -0.39 is 72.3 Å². The lowest BCUT2D eigenvalue weighted by Gasteiger charge is -2.29. The lowest BCUT2D eigenvalue weighted by atomic mass is 10.0. The highest BCUT2D eigenvalue weighted by atomic mass is 16.5. The van der Waals surface area contributed by atoms with E-state index >= 15 is 0 Å². The highest BCUT2D eigenvalue weighted by Gasteiger charge is 2.33. The van der Waals surface area contributed by atoms with E-state index in [0.717, 1.165) is 0 Å². The molecule has 0 radical (unpaired) electrons. The average Bonchev–Trinajstić information content (AvgIpc) is 3.03. The maximum atomic E-state index is 13.0. The number of hydrogen-bond donors (Lipinski definition) is 10. The van der Waals surface area contributed by atoms with Crippen molar-refractivity contribution in [3.05, 3.63) is 0 Å². The summed E-state index contributed by atoms with van der Waals surface area (Å²) in [5, 5.41) is 53.7. The molecule has 5 atom stereocenters. The minimum Gasteiger partial charge on any atom is -0.394 e. The van der Waals surface area contributed by atoms with Gasteiger partial charge in [-0.2, -0.15) is 0 Å². The molecule has 1 rings (SSSR count). The van der Waals surface area contributed by atoms with Gasteiger partial charge in [-0.15, -0.1) is 0 Å². The Morgan fingerprint density at radius 3 is 1.89 bits per heavy atom. The van der Waals surface area contributed by atoms with Gasteiger partial charge in [0.15, 0.2) is 0 Å². The second-order valence-electron chi connectivity index (χ2n) is 11.0. The Kier molecular flexibility index (Phi) is 18.8. The molecule has 19 heteroatoms. The molecule has 1 saturated heterocycles. The Balaban J connectivity index is 2.67. The zero-order chi connectivity index (χ0) is 34.8. The second kappa shape index (κ2) is 21.4. The molecule has 1 fully saturated rings. The lowest BCUT2D eigenvalue weighted by molar-refractivity contribution is -0.173. The van der Waals surface area contributed by atoms with Crippen LogP contribution in [0.25, 0.3) is 0 Å². The molecule has 0 aromatic carbocycles. The molecule has 1 heterocycles. The van der Waals surface area contributed by atoms with E-state index in [1.807, 2.05) is 0 Å². The van der Waals surface area contributed by atoms with E-state index in [9.17, 15) is 49.5 Å². The summed E-state index contributed by atoms with van der Waals surface area (Å²) in [5.74, 6) is -3.94. The number of hydroxylamine groups is 6. The summed E-state index contributed by atoms with van der Waals surface area (Å²) in [6.07, 6.45) is 2.15. The Morgan fingerprint density at radius 1 is 0.870 bits per heavy atom. The largest absolute Gasteiger partial charge is 0.394 e. The number of carbonyl (C=O) groups is 6. The molecule has 0 saturated carbocycles. The molecule has 11 N–H and O–H groups in total. The zero-order valence-corrected chi connectivity index (χ0v) is 26.7. The van der Waals surface area contributed by atoms with Crippen LogP contribution in [0.5, 0.6) is 0 Å². The van der Waals surface area contributed by atoms with Gasteiger partial charge in [-0.25, -0.2) is 15.2 Å². The number of carbonyl (C=O) groups excluding carboxylic acids is 6. The fourth-order valence-corrected chi connectivity index (χ4v) is 4.74. The number of piperidine rings is 1. The SMILES string of the molecule is CN[C@@H](CCCN(O)C(=O)[C@H](CO)NC(=O)[C@H](CCCN(O)C(C)=O)NC)C(=O)N[C@@H](CCCN)C(=O)N[C@@H]1CCCN(O)C1=O. The average molecular weight is 662 g/mol. The minimum atomic E-state index is -1.46. The van der Waals surface area contributed by atoms with Gasteiger partial charge in [-0.1, -0.05) is 0 Å². The predicted octanol–water partition coefficient (Wildman–Crippen LogP) is -3.62. The van der Waals surface area contributed by atoms with Crippen LogP contribution in [0, 0.1) is 0 Å². The number of aliphatic hydroxyl groups is 1. The fraction of sp³-hybridized carbons (Fsp3) is 0.778. The Bertz CT molecular complexity index is 1020. The maximum absolute atomic E-state index is 13.0. The molecule has 19 nitrogen and oxygen atoms in total. The monoisotopic (exact) mass is 661 g/mol. The van der Waals surface area contributed by atoms with Crippen LogP contribution in [-0.2, 0) is 28.8 Å². The summed E-state index contributed by atoms with van der Waals surface area (Å²) < 4.78 is 0. The van der Waals surface area contributed by atoms with Crippen LogP contribution in [0.1, 0.15) is 58.3 Å². The first-order valence-electron chi connectivity index (χ1n) is 15.3. The topological polar surface area (TPSA) is 279 Å². The van der Waals surface area contributed by atoms with Gasteiger partial charge in [0.2, 0.25) is 23.6 Å². The van der Waals surface area contributed by atoms with Gasteiger partial charge in [0.05, 0.1) is 18.7 Å². The van der Waals surface area contributed by atoms with E-state index in [2.05, 4.69) is 26.6 Å². The molecule has 6 amide bonds. The van der Waals surface area contributed by atoms with Crippen LogP contribution in [0.3, 0.4) is 0 Å². The molecular weight excluding hydrogens is 610 g/mol. The number of likely N-dealkylation sites (N-methyl/N-ethyl adjacent to an activating group) is 2. The van der Waals surface area contributed by atoms with Crippen LogP contribution in [0.15, 0.2) is 0 Å². The minimum absolute atomic E-state index is 0.00822. The summed E-state index contributed by atoms with van der Waals surface area (Å²) in [6, 6.07) is -5.02. The van der Waals surface area contributed by atoms with Gasteiger partial charge in [0, 0.05) is 26.6 Å². The number of rotatable bonds is 21. The molecule has 264 valence electrons. The smallest absolute Gasteiger partial charge is 0.270 e. The fourth-order valence-electron chi connectivity index (χ4n) is 4.74. The van der Waals surface area contributed by atoms with E-state index in [4.69, 9.17) is 5.73 Å². The Labute approximate surface area is 268 Å². The van der Waals surface area contributed by atoms with E-state index in [-0.39, 0.29) is 58.3 Å². The molecule has 0 aromatic heterocycles. The molecule has 0 aromatic rings. The summed E-state index contributed by atoms with van der Waals surface area (Å²) in [7, 11) is 3.02. The summed E-state index contributed by atoms with van der Waals surface area (Å²) in [5.41, 5.74) is 5.59. The van der Waals surface area contributed by atoms with E-state index in [1.54, 1.807) is 0 Å². The van der Waals surface area contributed by atoms with Crippen molar-refractivity contribution >= 4 is 35.4 Å². The third-order valence-electron chi connectivity index (χ3n) is 7.53. The van der Waals surface area contributed by atoms with Gasteiger partial charge in [-0.05, 0) is 72.0 Å². The third kappa shape index (κ3) is 13.5. The molecule has 0 aliphatic carbocycles. The number of amides is 6. The lowest BCUT2D eigenvalue weighted by Crippen LogP contribution is -2.57. The van der Waals surface area contributed by atoms with Gasteiger partial charge < -0.3 is 37.4 Å². The van der Waals surface area contributed by atoms with Crippen LogP contribution in [0.2, 0.25) is 0 Å². The predicted molar refractivity (Wildman–Crippen MR) is 161 cm³/mol. The van der Waals surface area contributed by atoms with Crippen molar-refractivity contribution in [2.24, 2.45) is 5.73 Å². The van der Waals surface area contributed by atoms with E-state index in [0.29, 0.717) is 34.5 Å². The highest BCUT2D eigenvalue weighted by Crippen LogP contribution is 2.11. The number of aliphatic hydroxyl groups excluding tert-OH is 1. The van der Waals surface area contributed by atoms with Crippen molar-refractivity contribution in [1.82, 2.24) is 41.8 Å². The van der Waals surface area contributed by atoms with Crippen molar-refractivity contribution in [1.29, 1.82) is 0 Å². The van der Waals surface area contributed by atoms with Gasteiger partial charge in [0.1, 0.15) is 18.1 Å². The van der Waals surface area contributed by atoms with Crippen molar-refractivity contribution in [3.63, 3.8) is 0 Å². The summed E-state index contributed by atoms with van der Waals surface area (Å²) >= 11 is 0. The van der Waals surface area contributed by atoms with Crippen LogP contribution in [-0.4, -0.2) is 148 Å². The van der Waals surface area contributed by atoms with Crippen molar-refractivity contribution in [3.8, 4) is 0 Å². The van der Waals surface area contributed by atoms with E-state index in [1.165, 1.54) is 21.0 Å². The van der Waals surface area contributed by atoms with Crippen LogP contribution >= 0.6 is 0 Å². The van der Waals surface area contributed by atoms with Gasteiger partial charge >= 0.3 is 0 Å². The molecular formula is C27H51N9O10. The number of nitrogens with one attached hydrogen (secondary N) is 5. The highest BCUT2D eigenvalue weighted by molar-refractivity contribution is 5.93. The maximum Gasteiger partial charge on any atom is 0.270 e. The third-order valence-corrected chi connectivity index (χ3v) is 7.53. The summed E-state index contributed by atoms with van der Waals surface area (Å²) in [4.78, 5) is 74.6. The molecule has 0 unspecified atom stereocenters. The number of hydrogen-bond acceptors (Lipinski definition) is 13. The number of nitrogens with two attached hydrogens (primary N) is 1. The normalized spacial score (nSPS) is 17.3. The van der Waals surface area contributed by atoms with Gasteiger partial charge in [-0.3, -0.25) is 44.4 Å². The first-order valence-corrected chi connectivity index (χ1v) is 15.3. The summed E-state index contributed by atoms with van der Waals surface area (Å²) in [6.45, 7) is 0.555. The molecule has 1 aliphatic heterocycles. The second-order valence-corrected chi connectivity index (χ2v) is 11.0. The van der Waals surface area contributed by atoms with Crippen molar-refractivity contribution < 1.29 is 49.5 Å². The zero-order valence-electron chi connectivity index (χ0n) is 26.7. The van der Waals surface area contributed by atoms with Crippen molar-refractivity contribution in [2.45, 2.75) is 88.5 Å². The molecule has 46 heavy (non-hydrogen) atoms. The number of nitrogens with zero attached hydrogens (tertiary/aromatic N) is 3. The molecule has 0 bridgehead atoms. The van der Waals surface area contributed by atoms with Crippen LogP contribution in [0.4, 0.5) is 0 Å². The molecule has 1 aliphatic rings. The van der Waals surface area contributed by atoms with Crippen molar-refractivity contribution in [2.75, 3.05) is 46.9 Å². The standard InChI is InChI=1S/C27H51N9O10/c1-17(38)34(44)13-5-9-19(30-3)24(40)33-22(16-37)27(43)36(46)14-6-10-18(29-2)23(39)31-20(8-4-12-28)25(41)32-21-11-7-15-35(45)26(21)42/h18-22,29-30,37,44-46H,4-16,28H2,1-3H3,(H,31,39)(H,32,41)(H,33,40)/t18-,19-,20-,21+,22-/m0/s1. The van der Waals surface area contributed by atoms with Gasteiger partial charge in [0.25, 0.3) is 11.8 Å². The first-order chi connectivity index (χ1) is 21.8.